The van der Waals surface area contributed by atoms with Crippen molar-refractivity contribution >= 4 is 0 Å². The number of aromatic nitrogens is 1. The minimum atomic E-state index is 0.166. The molecule has 0 N–H and O–H groups in total. The summed E-state index contributed by atoms with van der Waals surface area (Å²) in [6.45, 7) is 3.66. The molecule has 3 aromatic rings. The van der Waals surface area contributed by atoms with E-state index in [0.29, 0.717) is 42.8 Å². The van der Waals surface area contributed by atoms with E-state index in [2.05, 4.69) is 15.8 Å². The zero-order chi connectivity index (χ0) is 19.5. The number of hydrogen-bond donors (Lipinski definition) is 0. The van der Waals surface area contributed by atoms with Gasteiger partial charge in [0, 0.05) is 12.1 Å². The van der Waals surface area contributed by atoms with Crippen LogP contribution in [0, 0.1) is 19.3 Å². The summed E-state index contributed by atoms with van der Waals surface area (Å²) in [5.74, 6) is 6.52. The van der Waals surface area contributed by atoms with Gasteiger partial charge in [-0.15, -0.1) is 6.42 Å². The first kappa shape index (κ1) is 18.0. The number of ether oxygens (including phenoxy) is 3. The van der Waals surface area contributed by atoms with E-state index in [1.165, 1.54) is 0 Å². The second-order valence-corrected chi connectivity index (χ2v) is 6.36. The van der Waals surface area contributed by atoms with Crippen LogP contribution >= 0.6 is 0 Å². The van der Waals surface area contributed by atoms with Crippen LogP contribution in [0.15, 0.2) is 39.4 Å². The summed E-state index contributed by atoms with van der Waals surface area (Å²) in [5.41, 5.74) is 1.57. The van der Waals surface area contributed by atoms with Gasteiger partial charge in [0.05, 0.1) is 32.2 Å². The maximum absolute atomic E-state index is 5.91. The fourth-order valence-electron chi connectivity index (χ4n) is 3.08. The quantitative estimate of drug-likeness (QED) is 0.580. The van der Waals surface area contributed by atoms with Crippen LogP contribution < -0.4 is 14.2 Å². The van der Waals surface area contributed by atoms with Crippen molar-refractivity contribution in [2.75, 3.05) is 20.4 Å². The van der Waals surface area contributed by atoms with Crippen LogP contribution in [-0.2, 0) is 13.1 Å². The summed E-state index contributed by atoms with van der Waals surface area (Å²) in [4.78, 5) is 6.74. The molecule has 7 heteroatoms. The third-order valence-corrected chi connectivity index (χ3v) is 4.45. The minimum Gasteiger partial charge on any atom is -0.493 e. The van der Waals surface area contributed by atoms with Gasteiger partial charge >= 0.3 is 0 Å². The zero-order valence-electron chi connectivity index (χ0n) is 15.7. The topological polar surface area (TPSA) is 70.1 Å². The molecule has 4 rings (SSSR count). The fraction of sp³-hybridized carbons (Fsp3) is 0.286. The molecule has 0 fully saturated rings. The number of benzene rings is 1. The normalized spacial score (nSPS) is 12.4. The number of nitrogens with zero attached hydrogens (tertiary/aromatic N) is 2. The van der Waals surface area contributed by atoms with Crippen molar-refractivity contribution in [3.63, 3.8) is 0 Å². The standard InChI is InChI=1S/C21H20N2O5/c1-4-7-23(11-16-6-5-8-25-16)12-17-14(2)28-21(22-17)15-9-18(24-3)20-19(10-15)26-13-27-20/h1,5-6,8-10H,7,11-13H2,2-3H3. The number of fused-ring (bicyclic) bond motifs is 1. The maximum Gasteiger partial charge on any atom is 0.231 e. The highest BCUT2D eigenvalue weighted by atomic mass is 16.7. The van der Waals surface area contributed by atoms with Crippen LogP contribution in [0.1, 0.15) is 17.2 Å². The zero-order valence-corrected chi connectivity index (χ0v) is 15.7. The molecule has 2 aromatic heterocycles. The van der Waals surface area contributed by atoms with E-state index in [1.807, 2.05) is 31.2 Å². The van der Waals surface area contributed by atoms with Gasteiger partial charge in [0.15, 0.2) is 11.5 Å². The van der Waals surface area contributed by atoms with E-state index in [0.717, 1.165) is 22.8 Å². The minimum absolute atomic E-state index is 0.166. The Morgan fingerprint density at radius 1 is 1.29 bits per heavy atom. The van der Waals surface area contributed by atoms with Crippen LogP contribution in [0.4, 0.5) is 0 Å². The van der Waals surface area contributed by atoms with Gasteiger partial charge in [-0.05, 0) is 31.2 Å². The van der Waals surface area contributed by atoms with Crippen molar-refractivity contribution in [2.45, 2.75) is 20.0 Å². The number of furan rings is 1. The smallest absolute Gasteiger partial charge is 0.231 e. The highest BCUT2D eigenvalue weighted by Gasteiger charge is 2.23. The van der Waals surface area contributed by atoms with E-state index in [4.69, 9.17) is 29.5 Å². The van der Waals surface area contributed by atoms with Gasteiger partial charge in [-0.3, -0.25) is 4.90 Å². The largest absolute Gasteiger partial charge is 0.493 e. The van der Waals surface area contributed by atoms with Crippen molar-refractivity contribution in [3.05, 3.63) is 47.7 Å². The molecule has 0 bridgehead atoms. The second-order valence-electron chi connectivity index (χ2n) is 6.36. The molecular weight excluding hydrogens is 360 g/mol. The predicted octanol–water partition coefficient (Wildman–Crippen LogP) is 3.62. The van der Waals surface area contributed by atoms with Gasteiger partial charge < -0.3 is 23.0 Å². The Bertz CT molecular complexity index is 1000. The highest BCUT2D eigenvalue weighted by molar-refractivity contribution is 5.66. The first-order valence-electron chi connectivity index (χ1n) is 8.80. The molecule has 1 aromatic carbocycles. The maximum atomic E-state index is 5.91. The van der Waals surface area contributed by atoms with E-state index in [-0.39, 0.29) is 6.79 Å². The fourth-order valence-corrected chi connectivity index (χ4v) is 3.08. The average molecular weight is 380 g/mol. The van der Waals surface area contributed by atoms with E-state index >= 15 is 0 Å². The lowest BCUT2D eigenvalue weighted by atomic mass is 10.2. The lowest BCUT2D eigenvalue weighted by molar-refractivity contribution is 0.171. The second kappa shape index (κ2) is 7.71. The van der Waals surface area contributed by atoms with Gasteiger partial charge in [0.2, 0.25) is 18.4 Å². The number of oxazole rings is 1. The van der Waals surface area contributed by atoms with Crippen molar-refractivity contribution in [2.24, 2.45) is 0 Å². The summed E-state index contributed by atoms with van der Waals surface area (Å²) in [5, 5.41) is 0. The first-order chi connectivity index (χ1) is 13.7. The van der Waals surface area contributed by atoms with E-state index in [1.54, 1.807) is 13.4 Å². The van der Waals surface area contributed by atoms with Crippen molar-refractivity contribution < 1.29 is 23.0 Å². The first-order valence-corrected chi connectivity index (χ1v) is 8.80. The number of rotatable bonds is 7. The third-order valence-electron chi connectivity index (χ3n) is 4.45. The monoisotopic (exact) mass is 380 g/mol. The third kappa shape index (κ3) is 3.55. The van der Waals surface area contributed by atoms with Crippen LogP contribution in [-0.4, -0.2) is 30.3 Å². The molecule has 28 heavy (non-hydrogen) atoms. The Morgan fingerprint density at radius 2 is 2.18 bits per heavy atom. The molecule has 0 spiro atoms. The molecule has 0 unspecified atom stereocenters. The Morgan fingerprint density at radius 3 is 2.93 bits per heavy atom. The number of aryl methyl sites for hydroxylation is 1. The van der Waals surface area contributed by atoms with Gasteiger partial charge in [0.1, 0.15) is 11.5 Å². The van der Waals surface area contributed by atoms with E-state index in [9.17, 15) is 0 Å². The molecule has 0 aliphatic carbocycles. The Labute approximate surface area is 162 Å². The molecule has 0 saturated heterocycles. The van der Waals surface area contributed by atoms with Gasteiger partial charge in [0.25, 0.3) is 0 Å². The summed E-state index contributed by atoms with van der Waals surface area (Å²) in [6.07, 6.45) is 7.17. The SMILES string of the molecule is C#CCN(Cc1ccco1)Cc1nc(-c2cc(OC)c3c(c2)OCO3)oc1C. The molecule has 1 aliphatic rings. The summed E-state index contributed by atoms with van der Waals surface area (Å²) in [7, 11) is 1.58. The average Bonchev–Trinajstić information content (AvgIpc) is 3.43. The molecule has 0 saturated carbocycles. The number of methoxy groups -OCH3 is 1. The Balaban J connectivity index is 1.59. The van der Waals surface area contributed by atoms with Crippen LogP contribution in [0.3, 0.4) is 0 Å². The van der Waals surface area contributed by atoms with Crippen molar-refractivity contribution in [1.29, 1.82) is 0 Å². The van der Waals surface area contributed by atoms with Crippen molar-refractivity contribution in [1.82, 2.24) is 9.88 Å². The molecule has 0 atom stereocenters. The highest BCUT2D eigenvalue weighted by Crippen LogP contribution is 2.44. The number of hydrogen-bond acceptors (Lipinski definition) is 7. The Hall–Kier alpha value is -3.37. The molecular formula is C21H20N2O5. The summed E-state index contributed by atoms with van der Waals surface area (Å²) in [6, 6.07) is 7.44. The van der Waals surface area contributed by atoms with Gasteiger partial charge in [-0.2, -0.15) is 0 Å². The lowest BCUT2D eigenvalue weighted by Gasteiger charge is -2.17. The number of terminal acetylenes is 1. The molecule has 0 amide bonds. The predicted molar refractivity (Wildman–Crippen MR) is 101 cm³/mol. The van der Waals surface area contributed by atoms with Crippen molar-refractivity contribution in [3.8, 4) is 41.0 Å². The van der Waals surface area contributed by atoms with Crippen LogP contribution in [0.25, 0.3) is 11.5 Å². The van der Waals surface area contributed by atoms with E-state index < -0.39 is 0 Å². The molecule has 1 aliphatic heterocycles. The summed E-state index contributed by atoms with van der Waals surface area (Å²) < 4.78 is 27.7. The molecule has 7 nitrogen and oxygen atoms in total. The summed E-state index contributed by atoms with van der Waals surface area (Å²) >= 11 is 0. The lowest BCUT2D eigenvalue weighted by Crippen LogP contribution is -2.23. The molecule has 0 radical (unpaired) electrons. The van der Waals surface area contributed by atoms with Crippen LogP contribution in [0.5, 0.6) is 17.2 Å². The Kier molecular flexibility index (Phi) is 4.96. The molecule has 3 heterocycles. The van der Waals surface area contributed by atoms with Crippen LogP contribution in [0.2, 0.25) is 0 Å². The van der Waals surface area contributed by atoms with Gasteiger partial charge in [-0.1, -0.05) is 5.92 Å². The van der Waals surface area contributed by atoms with Gasteiger partial charge in [-0.25, -0.2) is 4.98 Å². The molecule has 144 valence electrons.